The lowest BCUT2D eigenvalue weighted by Gasteiger charge is -2.36. The molecule has 1 unspecified atom stereocenters. The molecule has 0 saturated carbocycles. The highest BCUT2D eigenvalue weighted by molar-refractivity contribution is 5.92. The van der Waals surface area contributed by atoms with Crippen LogP contribution in [0.3, 0.4) is 0 Å². The van der Waals surface area contributed by atoms with Crippen LogP contribution in [0, 0.1) is 0 Å². The molecule has 2 heterocycles. The summed E-state index contributed by atoms with van der Waals surface area (Å²) in [5.41, 5.74) is -0.317. The molecule has 1 saturated heterocycles. The maximum Gasteiger partial charge on any atom is 0.274 e. The summed E-state index contributed by atoms with van der Waals surface area (Å²) in [5.74, 6) is -0.0967. The molecule has 1 atom stereocenters. The van der Waals surface area contributed by atoms with Crippen LogP contribution in [-0.4, -0.2) is 44.2 Å². The van der Waals surface area contributed by atoms with Crippen molar-refractivity contribution in [2.45, 2.75) is 25.4 Å². The minimum absolute atomic E-state index is 0.0967. The molecule has 1 fully saturated rings. The van der Waals surface area contributed by atoms with Gasteiger partial charge in [0, 0.05) is 26.3 Å². The summed E-state index contributed by atoms with van der Waals surface area (Å²) < 4.78 is 1.75. The number of aryl methyl sites for hydroxylation is 1. The first-order valence-corrected chi connectivity index (χ1v) is 5.47. The molecule has 1 amide bonds. The third kappa shape index (κ3) is 2.24. The lowest BCUT2D eigenvalue weighted by molar-refractivity contribution is -0.0109. The maximum atomic E-state index is 12.0. The van der Waals surface area contributed by atoms with Gasteiger partial charge in [0.2, 0.25) is 0 Å². The lowest BCUT2D eigenvalue weighted by Crippen LogP contribution is -2.48. The van der Waals surface area contributed by atoms with Crippen molar-refractivity contribution in [3.8, 4) is 0 Å². The monoisotopic (exact) mass is 223 g/mol. The van der Waals surface area contributed by atoms with E-state index in [9.17, 15) is 9.90 Å². The van der Waals surface area contributed by atoms with Gasteiger partial charge in [-0.25, -0.2) is 4.98 Å². The number of likely N-dealkylation sites (tertiary alicyclic amines) is 1. The fraction of sp³-hybridized carbons (Fsp3) is 0.636. The molecule has 5 heteroatoms. The van der Waals surface area contributed by atoms with E-state index in [0.717, 1.165) is 12.8 Å². The van der Waals surface area contributed by atoms with Gasteiger partial charge in [0.1, 0.15) is 5.69 Å². The number of hydrogen-bond acceptors (Lipinski definition) is 3. The Balaban J connectivity index is 2.10. The molecule has 2 rings (SSSR count). The largest absolute Gasteiger partial charge is 0.388 e. The van der Waals surface area contributed by atoms with E-state index in [4.69, 9.17) is 0 Å². The van der Waals surface area contributed by atoms with Crippen LogP contribution in [0.1, 0.15) is 30.3 Å². The number of amides is 1. The van der Waals surface area contributed by atoms with Crippen LogP contribution in [-0.2, 0) is 7.05 Å². The number of rotatable bonds is 1. The van der Waals surface area contributed by atoms with E-state index in [-0.39, 0.29) is 5.91 Å². The average molecular weight is 223 g/mol. The summed E-state index contributed by atoms with van der Waals surface area (Å²) in [7, 11) is 1.83. The predicted molar refractivity (Wildman–Crippen MR) is 59.0 cm³/mol. The molecule has 0 aliphatic carbocycles. The second-order valence-corrected chi connectivity index (χ2v) is 4.75. The number of imidazole rings is 1. The molecule has 0 aromatic carbocycles. The molecular formula is C11H17N3O2. The number of piperidine rings is 1. The molecule has 0 spiro atoms. The molecule has 16 heavy (non-hydrogen) atoms. The van der Waals surface area contributed by atoms with E-state index in [0.29, 0.717) is 18.8 Å². The Morgan fingerprint density at radius 2 is 2.38 bits per heavy atom. The van der Waals surface area contributed by atoms with E-state index in [1.807, 2.05) is 7.05 Å². The smallest absolute Gasteiger partial charge is 0.274 e. The molecule has 1 aromatic heterocycles. The summed E-state index contributed by atoms with van der Waals surface area (Å²) in [5, 5.41) is 9.93. The third-order valence-corrected chi connectivity index (χ3v) is 2.89. The molecule has 1 aliphatic rings. The Hall–Kier alpha value is -1.36. The number of β-amino-alcohol motifs (C(OH)–C–C–N with tert-alkyl or cyclic N) is 1. The number of hydrogen-bond donors (Lipinski definition) is 1. The number of aromatic nitrogens is 2. The second kappa shape index (κ2) is 3.90. The van der Waals surface area contributed by atoms with Crippen molar-refractivity contribution in [2.24, 2.45) is 7.05 Å². The molecule has 1 N–H and O–H groups in total. The highest BCUT2D eigenvalue weighted by Gasteiger charge is 2.31. The zero-order chi connectivity index (χ0) is 11.8. The van der Waals surface area contributed by atoms with Crippen LogP contribution in [0.2, 0.25) is 0 Å². The van der Waals surface area contributed by atoms with Crippen LogP contribution in [0.4, 0.5) is 0 Å². The Kier molecular flexibility index (Phi) is 2.71. The van der Waals surface area contributed by atoms with Crippen molar-refractivity contribution < 1.29 is 9.90 Å². The van der Waals surface area contributed by atoms with Gasteiger partial charge in [-0.1, -0.05) is 0 Å². The van der Waals surface area contributed by atoms with Crippen LogP contribution >= 0.6 is 0 Å². The van der Waals surface area contributed by atoms with Gasteiger partial charge >= 0.3 is 0 Å². The highest BCUT2D eigenvalue weighted by Crippen LogP contribution is 2.21. The summed E-state index contributed by atoms with van der Waals surface area (Å²) in [6, 6.07) is 0. The minimum Gasteiger partial charge on any atom is -0.388 e. The van der Waals surface area contributed by atoms with E-state index in [2.05, 4.69) is 4.98 Å². The van der Waals surface area contributed by atoms with Crippen molar-refractivity contribution in [1.29, 1.82) is 0 Å². The van der Waals surface area contributed by atoms with Crippen LogP contribution in [0.15, 0.2) is 12.5 Å². The molecule has 5 nitrogen and oxygen atoms in total. The molecule has 88 valence electrons. The van der Waals surface area contributed by atoms with Crippen LogP contribution in [0.5, 0.6) is 0 Å². The van der Waals surface area contributed by atoms with Gasteiger partial charge in [0.25, 0.3) is 5.91 Å². The van der Waals surface area contributed by atoms with E-state index < -0.39 is 5.60 Å². The van der Waals surface area contributed by atoms with Crippen molar-refractivity contribution in [1.82, 2.24) is 14.5 Å². The predicted octanol–water partition coefficient (Wildman–Crippen LogP) is 0.407. The van der Waals surface area contributed by atoms with Gasteiger partial charge in [-0.2, -0.15) is 0 Å². The van der Waals surface area contributed by atoms with E-state index in [1.165, 1.54) is 0 Å². The van der Waals surface area contributed by atoms with Gasteiger partial charge in [0.05, 0.1) is 11.9 Å². The first-order chi connectivity index (χ1) is 7.48. The molecule has 0 radical (unpaired) electrons. The van der Waals surface area contributed by atoms with Gasteiger partial charge in [-0.05, 0) is 19.8 Å². The molecule has 0 bridgehead atoms. The molecule has 1 aliphatic heterocycles. The summed E-state index contributed by atoms with van der Waals surface area (Å²) in [6.07, 6.45) is 4.89. The van der Waals surface area contributed by atoms with Crippen molar-refractivity contribution in [2.75, 3.05) is 13.1 Å². The number of carbonyl (C=O) groups excluding carboxylic acids is 1. The number of nitrogens with zero attached hydrogens (tertiary/aromatic N) is 3. The normalized spacial score (nSPS) is 25.8. The van der Waals surface area contributed by atoms with Crippen molar-refractivity contribution >= 4 is 5.91 Å². The minimum atomic E-state index is -0.761. The third-order valence-electron chi connectivity index (χ3n) is 2.89. The lowest BCUT2D eigenvalue weighted by atomic mass is 9.95. The van der Waals surface area contributed by atoms with Crippen molar-refractivity contribution in [3.05, 3.63) is 18.2 Å². The first kappa shape index (κ1) is 11.1. The fourth-order valence-electron chi connectivity index (χ4n) is 2.08. The number of carbonyl (C=O) groups is 1. The number of aliphatic hydroxyl groups is 1. The highest BCUT2D eigenvalue weighted by atomic mass is 16.3. The Morgan fingerprint density at radius 1 is 1.62 bits per heavy atom. The Morgan fingerprint density at radius 3 is 2.94 bits per heavy atom. The topological polar surface area (TPSA) is 58.4 Å². The van der Waals surface area contributed by atoms with Crippen LogP contribution in [0.25, 0.3) is 0 Å². The quantitative estimate of drug-likeness (QED) is 0.750. The van der Waals surface area contributed by atoms with Crippen LogP contribution < -0.4 is 0 Å². The fourth-order valence-corrected chi connectivity index (χ4v) is 2.08. The van der Waals surface area contributed by atoms with Gasteiger partial charge in [-0.15, -0.1) is 0 Å². The average Bonchev–Trinajstić information content (AvgIpc) is 2.62. The van der Waals surface area contributed by atoms with Gasteiger partial charge in [0.15, 0.2) is 0 Å². The maximum absolute atomic E-state index is 12.0. The Labute approximate surface area is 94.7 Å². The standard InChI is InChI=1S/C11H17N3O2/c1-11(16)4-3-5-14(7-11)10(15)9-6-13(2)8-12-9/h6,8,16H,3-5,7H2,1-2H3. The SMILES string of the molecule is Cn1cnc(C(=O)N2CCCC(C)(O)C2)c1. The summed E-state index contributed by atoms with van der Waals surface area (Å²) >= 11 is 0. The van der Waals surface area contributed by atoms with E-state index in [1.54, 1.807) is 28.9 Å². The first-order valence-electron chi connectivity index (χ1n) is 5.47. The molecular weight excluding hydrogens is 206 g/mol. The zero-order valence-electron chi connectivity index (χ0n) is 9.68. The summed E-state index contributed by atoms with van der Waals surface area (Å²) in [4.78, 5) is 17.7. The molecule has 1 aromatic rings. The summed E-state index contributed by atoms with van der Waals surface area (Å²) in [6.45, 7) is 2.86. The van der Waals surface area contributed by atoms with Crippen molar-refractivity contribution in [3.63, 3.8) is 0 Å². The Bertz CT molecular complexity index is 398. The van der Waals surface area contributed by atoms with Gasteiger partial charge in [-0.3, -0.25) is 4.79 Å². The van der Waals surface area contributed by atoms with Gasteiger partial charge < -0.3 is 14.6 Å². The zero-order valence-corrected chi connectivity index (χ0v) is 9.68. The second-order valence-electron chi connectivity index (χ2n) is 4.75. The van der Waals surface area contributed by atoms with E-state index >= 15 is 0 Å².